The molecular weight excluding hydrogens is 170 g/mol. The van der Waals surface area contributed by atoms with Gasteiger partial charge in [-0.15, -0.1) is 0 Å². The second-order valence-electron chi connectivity index (χ2n) is 2.94. The molecule has 0 saturated heterocycles. The van der Waals surface area contributed by atoms with Crippen molar-refractivity contribution in [2.75, 3.05) is 13.7 Å². The first-order valence-electron chi connectivity index (χ1n) is 4.39. The van der Waals surface area contributed by atoms with E-state index >= 15 is 0 Å². The van der Waals surface area contributed by atoms with E-state index in [4.69, 9.17) is 15.7 Å². The van der Waals surface area contributed by atoms with Gasteiger partial charge in [-0.2, -0.15) is 0 Å². The Labute approximate surface area is 78.9 Å². The number of hydrogen-bond acceptors (Lipinski definition) is 4. The summed E-state index contributed by atoms with van der Waals surface area (Å²) in [7, 11) is 1.65. The van der Waals surface area contributed by atoms with Crippen molar-refractivity contribution in [3.63, 3.8) is 0 Å². The van der Waals surface area contributed by atoms with Crippen LogP contribution in [0.2, 0.25) is 0 Å². The summed E-state index contributed by atoms with van der Waals surface area (Å²) >= 11 is 0. The molecule has 4 N–H and O–H groups in total. The van der Waals surface area contributed by atoms with E-state index in [0.29, 0.717) is 6.54 Å². The molecule has 0 heterocycles. The molecule has 2 atom stereocenters. The van der Waals surface area contributed by atoms with Crippen molar-refractivity contribution in [2.24, 2.45) is 10.9 Å². The zero-order chi connectivity index (χ0) is 10.3. The highest BCUT2D eigenvalue weighted by atomic mass is 16.5. The largest absolute Gasteiger partial charge is 0.409 e. The van der Waals surface area contributed by atoms with Gasteiger partial charge in [0.2, 0.25) is 0 Å². The summed E-state index contributed by atoms with van der Waals surface area (Å²) < 4.78 is 5.05. The highest BCUT2D eigenvalue weighted by Gasteiger charge is 2.11. The lowest BCUT2D eigenvalue weighted by molar-refractivity contribution is 0.116. The fourth-order valence-corrected chi connectivity index (χ4v) is 0.919. The normalized spacial score (nSPS) is 17.0. The van der Waals surface area contributed by atoms with Crippen LogP contribution in [0.25, 0.3) is 0 Å². The molecule has 0 saturated carbocycles. The fourth-order valence-electron chi connectivity index (χ4n) is 0.919. The number of amidine groups is 1. The molecule has 78 valence electrons. The third-order valence-corrected chi connectivity index (χ3v) is 1.93. The summed E-state index contributed by atoms with van der Waals surface area (Å²) in [6.07, 6.45) is 0.910. The molecule has 0 aromatic heterocycles. The Kier molecular flexibility index (Phi) is 6.26. The van der Waals surface area contributed by atoms with Crippen molar-refractivity contribution in [3.8, 4) is 0 Å². The van der Waals surface area contributed by atoms with Gasteiger partial charge in [0.25, 0.3) is 0 Å². The van der Waals surface area contributed by atoms with Crippen LogP contribution < -0.4 is 11.1 Å². The van der Waals surface area contributed by atoms with Crippen molar-refractivity contribution < 1.29 is 9.94 Å². The number of rotatable bonds is 6. The predicted octanol–water partition coefficient (Wildman–Crippen LogP) is 0.136. The summed E-state index contributed by atoms with van der Waals surface area (Å²) in [6, 6.07) is -0.0809. The van der Waals surface area contributed by atoms with Crippen LogP contribution in [0, 0.1) is 0 Å². The summed E-state index contributed by atoms with van der Waals surface area (Å²) in [6.45, 7) is 4.60. The molecule has 0 fully saturated rings. The number of ether oxygens (including phenoxy) is 1. The van der Waals surface area contributed by atoms with Gasteiger partial charge in [-0.25, -0.2) is 0 Å². The lowest BCUT2D eigenvalue weighted by Gasteiger charge is -2.17. The fraction of sp³-hybridized carbons (Fsp3) is 0.875. The first-order chi connectivity index (χ1) is 6.15. The Balaban J connectivity index is 3.85. The molecule has 0 aliphatic carbocycles. The molecule has 0 bridgehead atoms. The zero-order valence-electron chi connectivity index (χ0n) is 8.45. The number of oxime groups is 1. The van der Waals surface area contributed by atoms with Crippen molar-refractivity contribution in [2.45, 2.75) is 32.4 Å². The highest BCUT2D eigenvalue weighted by Crippen LogP contribution is 1.92. The molecule has 0 spiro atoms. The van der Waals surface area contributed by atoms with Crippen LogP contribution in [-0.4, -0.2) is 36.8 Å². The van der Waals surface area contributed by atoms with Crippen molar-refractivity contribution in [1.82, 2.24) is 5.32 Å². The standard InChI is InChI=1S/C8H19N3O2/c1-4-7(8(9)11-12)10-5-6(2)13-3/h6-7,10,12H,4-5H2,1-3H3,(H2,9,11). The second kappa shape index (κ2) is 6.68. The summed E-state index contributed by atoms with van der Waals surface area (Å²) in [4.78, 5) is 0. The molecule has 5 nitrogen and oxygen atoms in total. The summed E-state index contributed by atoms with van der Waals surface area (Å²) in [5.74, 6) is 0.214. The van der Waals surface area contributed by atoms with Crippen molar-refractivity contribution >= 4 is 5.84 Å². The van der Waals surface area contributed by atoms with Gasteiger partial charge in [0.05, 0.1) is 12.1 Å². The number of methoxy groups -OCH3 is 1. The van der Waals surface area contributed by atoms with Crippen molar-refractivity contribution in [3.05, 3.63) is 0 Å². The quantitative estimate of drug-likeness (QED) is 0.240. The van der Waals surface area contributed by atoms with Gasteiger partial charge in [0.15, 0.2) is 5.84 Å². The van der Waals surface area contributed by atoms with Crippen LogP contribution in [0.3, 0.4) is 0 Å². The van der Waals surface area contributed by atoms with E-state index in [9.17, 15) is 0 Å². The maximum Gasteiger partial charge on any atom is 0.156 e. The van der Waals surface area contributed by atoms with Crippen LogP contribution in [0.4, 0.5) is 0 Å². The topological polar surface area (TPSA) is 79.9 Å². The van der Waals surface area contributed by atoms with Crippen LogP contribution >= 0.6 is 0 Å². The van der Waals surface area contributed by atoms with Gasteiger partial charge in [-0.05, 0) is 13.3 Å². The van der Waals surface area contributed by atoms with Gasteiger partial charge < -0.3 is 21.0 Å². The minimum absolute atomic E-state index is 0.0809. The lowest BCUT2D eigenvalue weighted by atomic mass is 10.2. The first-order valence-corrected chi connectivity index (χ1v) is 4.39. The second-order valence-corrected chi connectivity index (χ2v) is 2.94. The lowest BCUT2D eigenvalue weighted by Crippen LogP contribution is -2.43. The molecule has 0 rings (SSSR count). The van der Waals surface area contributed by atoms with E-state index in [1.165, 1.54) is 0 Å². The summed E-state index contributed by atoms with van der Waals surface area (Å²) in [5, 5.41) is 14.5. The van der Waals surface area contributed by atoms with Gasteiger partial charge >= 0.3 is 0 Å². The average molecular weight is 189 g/mol. The van der Waals surface area contributed by atoms with Gasteiger partial charge in [-0.1, -0.05) is 12.1 Å². The monoisotopic (exact) mass is 189 g/mol. The molecule has 0 aliphatic rings. The van der Waals surface area contributed by atoms with Crippen LogP contribution in [0.5, 0.6) is 0 Å². The molecule has 0 radical (unpaired) electrons. The first kappa shape index (κ1) is 12.2. The third kappa shape index (κ3) is 4.69. The van der Waals surface area contributed by atoms with Gasteiger partial charge in [0, 0.05) is 13.7 Å². The van der Waals surface area contributed by atoms with E-state index < -0.39 is 0 Å². The molecule has 2 unspecified atom stereocenters. The van der Waals surface area contributed by atoms with Gasteiger partial charge in [0.1, 0.15) is 0 Å². The number of nitrogens with zero attached hydrogens (tertiary/aromatic N) is 1. The Morgan fingerprint density at radius 1 is 1.69 bits per heavy atom. The summed E-state index contributed by atoms with van der Waals surface area (Å²) in [5.41, 5.74) is 5.45. The van der Waals surface area contributed by atoms with E-state index in [0.717, 1.165) is 6.42 Å². The van der Waals surface area contributed by atoms with Gasteiger partial charge in [-0.3, -0.25) is 0 Å². The SMILES string of the molecule is CCC(NCC(C)OC)C(N)=NO. The molecule has 13 heavy (non-hydrogen) atoms. The third-order valence-electron chi connectivity index (χ3n) is 1.93. The average Bonchev–Trinajstić information content (AvgIpc) is 2.17. The molecule has 0 aliphatic heterocycles. The number of nitrogens with one attached hydrogen (secondary N) is 1. The van der Waals surface area contributed by atoms with Crippen LogP contribution in [0.1, 0.15) is 20.3 Å². The maximum absolute atomic E-state index is 8.45. The minimum atomic E-state index is -0.0809. The van der Waals surface area contributed by atoms with E-state index in [2.05, 4.69) is 10.5 Å². The molecular formula is C8H19N3O2. The molecule has 0 amide bonds. The minimum Gasteiger partial charge on any atom is -0.409 e. The number of hydrogen-bond donors (Lipinski definition) is 3. The van der Waals surface area contributed by atoms with Crippen LogP contribution in [0.15, 0.2) is 5.16 Å². The molecule has 0 aromatic rings. The van der Waals surface area contributed by atoms with E-state index in [1.807, 2.05) is 13.8 Å². The highest BCUT2D eigenvalue weighted by molar-refractivity contribution is 5.85. The Bertz CT molecular complexity index is 161. The molecule has 0 aromatic carbocycles. The van der Waals surface area contributed by atoms with Crippen LogP contribution in [-0.2, 0) is 4.74 Å². The van der Waals surface area contributed by atoms with E-state index in [-0.39, 0.29) is 18.0 Å². The Morgan fingerprint density at radius 2 is 2.31 bits per heavy atom. The predicted molar refractivity (Wildman–Crippen MR) is 52.0 cm³/mol. The van der Waals surface area contributed by atoms with Crippen molar-refractivity contribution in [1.29, 1.82) is 0 Å². The zero-order valence-corrected chi connectivity index (χ0v) is 8.45. The number of nitrogens with two attached hydrogens (primary N) is 1. The Hall–Kier alpha value is -0.810. The molecule has 5 heteroatoms. The van der Waals surface area contributed by atoms with E-state index in [1.54, 1.807) is 7.11 Å². The smallest absolute Gasteiger partial charge is 0.156 e. The maximum atomic E-state index is 8.45. The Morgan fingerprint density at radius 3 is 2.69 bits per heavy atom.